The first-order chi connectivity index (χ1) is 61.9. The van der Waals surface area contributed by atoms with E-state index >= 15 is 28.8 Å². The molecule has 0 amide bonds. The van der Waals surface area contributed by atoms with E-state index in [2.05, 4.69) is 41.5 Å². The highest BCUT2D eigenvalue weighted by Gasteiger charge is 2.45. The number of benzene rings is 7. The maximum absolute atomic E-state index is 16.3. The van der Waals surface area contributed by atoms with Crippen LogP contribution in [0.5, 0.6) is 69.0 Å². The first-order valence-corrected chi connectivity index (χ1v) is 48.8. The van der Waals surface area contributed by atoms with E-state index in [1.165, 1.54) is 227 Å². The highest BCUT2D eigenvalue weighted by Crippen LogP contribution is 2.38. The zero-order chi connectivity index (χ0) is 89.5. The maximum atomic E-state index is 16.3. The van der Waals surface area contributed by atoms with Crippen molar-refractivity contribution in [1.82, 2.24) is 0 Å². The fraction of sp³-hybridized carbons (Fsp3) is 0.556. The number of rotatable bonds is 72. The van der Waals surface area contributed by atoms with Crippen LogP contribution in [0.2, 0.25) is 0 Å². The summed E-state index contributed by atoms with van der Waals surface area (Å²) in [6.45, 7) is 15.8. The third kappa shape index (κ3) is 41.3. The first kappa shape index (κ1) is 103. The predicted octanol–water partition coefficient (Wildman–Crippen LogP) is 30.1. The van der Waals surface area contributed by atoms with Crippen LogP contribution < -0.4 is 56.8 Å². The molecule has 0 unspecified atom stereocenters. The largest absolute Gasteiger partial charge is 0.494 e. The summed E-state index contributed by atoms with van der Waals surface area (Å²) in [6, 6.07) is 36.7. The van der Waals surface area contributed by atoms with Crippen molar-refractivity contribution in [3.05, 3.63) is 179 Å². The molecular formula is C108H150O18. The van der Waals surface area contributed by atoms with Gasteiger partial charge in [0.25, 0.3) is 0 Å². The summed E-state index contributed by atoms with van der Waals surface area (Å²) in [5, 5.41) is 0. The smallest absolute Gasteiger partial charge is 0.345 e. The van der Waals surface area contributed by atoms with E-state index < -0.39 is 69.2 Å². The van der Waals surface area contributed by atoms with Crippen molar-refractivity contribution in [2.45, 2.75) is 350 Å². The van der Waals surface area contributed by atoms with Gasteiger partial charge in [-0.1, -0.05) is 311 Å². The third-order valence-electron chi connectivity index (χ3n) is 22.5. The summed E-state index contributed by atoms with van der Waals surface area (Å²) in [6.07, 6.45) is 53.1. The summed E-state index contributed by atoms with van der Waals surface area (Å²) in [7, 11) is 0. The normalized spacial score (nSPS) is 11.1. The highest BCUT2D eigenvalue weighted by atomic mass is 16.6. The monoisotopic (exact) mass is 1740 g/mol. The minimum absolute atomic E-state index is 0.125. The Labute approximate surface area is 754 Å². The predicted molar refractivity (Wildman–Crippen MR) is 503 cm³/mol. The molecule has 690 valence electrons. The van der Waals surface area contributed by atoms with Crippen LogP contribution in [0.1, 0.15) is 412 Å². The summed E-state index contributed by atoms with van der Waals surface area (Å²) in [5.41, 5.74) is -6.34. The van der Waals surface area contributed by atoms with Gasteiger partial charge in [0, 0.05) is 0 Å². The Balaban J connectivity index is 1.41. The molecule has 7 aromatic carbocycles. The van der Waals surface area contributed by atoms with Crippen molar-refractivity contribution in [3.8, 4) is 69.0 Å². The van der Waals surface area contributed by atoms with Crippen molar-refractivity contribution < 1.29 is 85.6 Å². The molecule has 0 heterocycles. The average molecular weight is 1740 g/mol. The van der Waals surface area contributed by atoms with Gasteiger partial charge in [0.2, 0.25) is 0 Å². The van der Waals surface area contributed by atoms with Crippen LogP contribution in [-0.4, -0.2) is 75.5 Å². The number of ether oxygens (including phenoxy) is 12. The molecule has 0 radical (unpaired) electrons. The lowest BCUT2D eigenvalue weighted by Crippen LogP contribution is -2.34. The standard InChI is InChI=1S/C108H150O18/c1-7-13-19-25-31-37-43-49-79-115-85-55-67-91(68-56-85)121-103(109)97-98(104(110)122-92-69-57-86(58-70-92)116-80-50-44-38-32-26-20-14-8-2)100(106(112)124-94-73-61-88(62-74-94)118-82-52-46-40-34-28-22-16-10-4)102(108(114)126-96-77-65-90(66-78-96)120-84-54-48-42-36-30-24-18-12-6)101(107(113)125-95-75-63-89(64-76-95)119-83-53-47-41-35-29-23-17-11-5)99(97)105(111)123-93-71-59-87(60-72-93)117-81-51-45-39-33-27-21-15-9-3/h55-78H,7-54,79-84H2,1-6H3. The number of carbonyl (C=O) groups excluding carboxylic acids is 6. The van der Waals surface area contributed by atoms with Crippen LogP contribution in [0, 0.1) is 0 Å². The number of unbranched alkanes of at least 4 members (excludes halogenated alkanes) is 42. The van der Waals surface area contributed by atoms with Gasteiger partial charge in [-0.15, -0.1) is 0 Å². The average Bonchev–Trinajstić information content (AvgIpc) is 0.724. The molecule has 7 aromatic rings. The first-order valence-electron chi connectivity index (χ1n) is 48.8. The van der Waals surface area contributed by atoms with Gasteiger partial charge in [-0.2, -0.15) is 0 Å². The number of hydrogen-bond donors (Lipinski definition) is 0. The minimum Gasteiger partial charge on any atom is -0.494 e. The lowest BCUT2D eigenvalue weighted by molar-refractivity contribution is 0.0635. The summed E-state index contributed by atoms with van der Waals surface area (Å²) < 4.78 is 74.8. The van der Waals surface area contributed by atoms with E-state index in [9.17, 15) is 0 Å². The van der Waals surface area contributed by atoms with Crippen molar-refractivity contribution in [2.75, 3.05) is 39.6 Å². The number of hydrogen-bond acceptors (Lipinski definition) is 18. The molecule has 0 aliphatic rings. The van der Waals surface area contributed by atoms with Crippen LogP contribution in [0.3, 0.4) is 0 Å². The minimum atomic E-state index is -1.49. The molecule has 126 heavy (non-hydrogen) atoms. The molecule has 18 heteroatoms. The van der Waals surface area contributed by atoms with Crippen LogP contribution in [0.4, 0.5) is 0 Å². The molecule has 0 fully saturated rings. The molecule has 7 rings (SSSR count). The summed E-state index contributed by atoms with van der Waals surface area (Å²) in [4.78, 5) is 97.8. The van der Waals surface area contributed by atoms with Crippen molar-refractivity contribution >= 4 is 35.8 Å². The van der Waals surface area contributed by atoms with Gasteiger partial charge in [0.15, 0.2) is 0 Å². The Morgan fingerprint density at radius 3 is 0.349 bits per heavy atom. The van der Waals surface area contributed by atoms with Gasteiger partial charge in [0.05, 0.1) is 73.0 Å². The molecule has 0 atom stereocenters. The molecule has 0 aliphatic carbocycles. The van der Waals surface area contributed by atoms with Crippen molar-refractivity contribution in [2.24, 2.45) is 0 Å². The SMILES string of the molecule is CCCCCCCCCCOc1ccc(OC(=O)c2c(C(=O)Oc3ccc(OCCCCCCCCCC)cc3)c(C(=O)Oc3ccc(OCCCCCCCCCC)cc3)c(C(=O)Oc3ccc(OCCCCCCCCCC)cc3)c(C(=O)Oc3ccc(OCCCCCCCCCC)cc3)c2C(=O)Oc2ccc(OCCCCCCCCCC)cc2)cc1. The van der Waals surface area contributed by atoms with E-state index in [1.54, 1.807) is 72.8 Å². The van der Waals surface area contributed by atoms with Crippen LogP contribution in [0.15, 0.2) is 146 Å². The molecule has 0 aliphatic heterocycles. The van der Waals surface area contributed by atoms with E-state index in [0.717, 1.165) is 154 Å². The van der Waals surface area contributed by atoms with Gasteiger partial charge in [-0.3, -0.25) is 0 Å². The topological polar surface area (TPSA) is 213 Å². The van der Waals surface area contributed by atoms with Gasteiger partial charge in [-0.25, -0.2) is 28.8 Å². The molecular weight excluding hydrogens is 1590 g/mol. The Hall–Kier alpha value is -9.84. The third-order valence-corrected chi connectivity index (χ3v) is 22.5. The Bertz CT molecular complexity index is 3410. The summed E-state index contributed by atoms with van der Waals surface area (Å²) >= 11 is 0. The maximum Gasteiger partial charge on any atom is 0.345 e. The second kappa shape index (κ2) is 64.8. The van der Waals surface area contributed by atoms with Gasteiger partial charge in [-0.05, 0) is 184 Å². The van der Waals surface area contributed by atoms with Crippen molar-refractivity contribution in [1.29, 1.82) is 0 Å². The second-order valence-electron chi connectivity index (χ2n) is 33.4. The Morgan fingerprint density at radius 2 is 0.238 bits per heavy atom. The van der Waals surface area contributed by atoms with E-state index in [-0.39, 0.29) is 34.5 Å². The Kier molecular flexibility index (Phi) is 53.1. The second-order valence-corrected chi connectivity index (χ2v) is 33.4. The van der Waals surface area contributed by atoms with Gasteiger partial charge >= 0.3 is 35.8 Å². The fourth-order valence-electron chi connectivity index (χ4n) is 15.1. The van der Waals surface area contributed by atoms with Crippen LogP contribution in [0.25, 0.3) is 0 Å². The quantitative estimate of drug-likeness (QED) is 0.0197. The molecule has 0 bridgehead atoms. The lowest BCUT2D eigenvalue weighted by Gasteiger charge is -2.22. The fourth-order valence-corrected chi connectivity index (χ4v) is 15.1. The number of esters is 6. The van der Waals surface area contributed by atoms with Crippen LogP contribution in [-0.2, 0) is 0 Å². The molecule has 0 N–H and O–H groups in total. The lowest BCUT2D eigenvalue weighted by atomic mass is 9.85. The molecule has 0 saturated heterocycles. The Morgan fingerprint density at radius 1 is 0.143 bits per heavy atom. The van der Waals surface area contributed by atoms with Gasteiger partial charge in [0.1, 0.15) is 69.0 Å². The molecule has 0 spiro atoms. The number of carbonyl (C=O) groups is 6. The molecule has 0 aromatic heterocycles. The highest BCUT2D eigenvalue weighted by molar-refractivity contribution is 6.25. The zero-order valence-corrected chi connectivity index (χ0v) is 77.4. The van der Waals surface area contributed by atoms with E-state index in [4.69, 9.17) is 56.8 Å². The molecule has 0 saturated carbocycles. The molecule has 18 nitrogen and oxygen atoms in total. The van der Waals surface area contributed by atoms with Crippen LogP contribution >= 0.6 is 0 Å². The van der Waals surface area contributed by atoms with E-state index in [0.29, 0.717) is 74.1 Å². The van der Waals surface area contributed by atoms with Gasteiger partial charge < -0.3 is 56.8 Å². The zero-order valence-electron chi connectivity index (χ0n) is 77.4. The summed E-state index contributed by atoms with van der Waals surface area (Å²) in [5.74, 6) is -6.90. The van der Waals surface area contributed by atoms with Crippen molar-refractivity contribution in [3.63, 3.8) is 0 Å². The van der Waals surface area contributed by atoms with E-state index in [1.807, 2.05) is 0 Å².